The summed E-state index contributed by atoms with van der Waals surface area (Å²) in [4.78, 5) is 4.26. The summed E-state index contributed by atoms with van der Waals surface area (Å²) in [6, 6.07) is 0.392. The molecule has 2 nitrogen and oxygen atoms in total. The maximum atomic E-state index is 4.26. The molecule has 12 heavy (non-hydrogen) atoms. The summed E-state index contributed by atoms with van der Waals surface area (Å²) in [5.41, 5.74) is 0. The number of hydrogen-bond acceptors (Lipinski definition) is 3. The molecule has 0 aliphatic heterocycles. The van der Waals surface area contributed by atoms with E-state index in [9.17, 15) is 0 Å². The monoisotopic (exact) mass is 182 g/mol. The molecular formula is C9H14N2S. The molecule has 0 saturated carbocycles. The molecule has 1 aromatic rings. The lowest BCUT2D eigenvalue weighted by Crippen LogP contribution is -2.20. The Hall–Kier alpha value is -0.670. The topological polar surface area (TPSA) is 24.9 Å². The number of aromatic nitrogens is 1. The van der Waals surface area contributed by atoms with Gasteiger partial charge in [0.25, 0.3) is 0 Å². The highest BCUT2D eigenvalue weighted by Crippen LogP contribution is 2.17. The van der Waals surface area contributed by atoms with Crippen LogP contribution >= 0.6 is 11.3 Å². The number of thiazole rings is 1. The molecule has 0 fully saturated rings. The third-order valence-corrected chi connectivity index (χ3v) is 2.56. The predicted octanol–water partition coefficient (Wildman–Crippen LogP) is 2.37. The van der Waals surface area contributed by atoms with Crippen molar-refractivity contribution in [1.29, 1.82) is 0 Å². The SMILES string of the molecule is C=CCNC(CC)c1nccs1. The van der Waals surface area contributed by atoms with Crippen LogP contribution in [0.25, 0.3) is 0 Å². The van der Waals surface area contributed by atoms with Crippen molar-refractivity contribution >= 4 is 11.3 Å². The summed E-state index contributed by atoms with van der Waals surface area (Å²) in [6.45, 7) is 6.67. The maximum Gasteiger partial charge on any atom is 0.109 e. The maximum absolute atomic E-state index is 4.26. The van der Waals surface area contributed by atoms with Crippen molar-refractivity contribution in [2.45, 2.75) is 19.4 Å². The molecule has 0 amide bonds. The van der Waals surface area contributed by atoms with Crippen LogP contribution in [-0.2, 0) is 0 Å². The van der Waals surface area contributed by atoms with Crippen LogP contribution in [0.5, 0.6) is 0 Å². The van der Waals surface area contributed by atoms with Gasteiger partial charge in [-0.3, -0.25) is 0 Å². The Balaban J connectivity index is 2.51. The van der Waals surface area contributed by atoms with Gasteiger partial charge in [0, 0.05) is 18.1 Å². The minimum absolute atomic E-state index is 0.392. The van der Waals surface area contributed by atoms with Crippen LogP contribution in [0, 0.1) is 0 Å². The highest BCUT2D eigenvalue weighted by molar-refractivity contribution is 7.09. The molecular weight excluding hydrogens is 168 g/mol. The van der Waals surface area contributed by atoms with Gasteiger partial charge in [-0.2, -0.15) is 0 Å². The largest absolute Gasteiger partial charge is 0.304 e. The zero-order valence-corrected chi connectivity index (χ0v) is 8.10. The van der Waals surface area contributed by atoms with Crippen LogP contribution in [-0.4, -0.2) is 11.5 Å². The van der Waals surface area contributed by atoms with Crippen molar-refractivity contribution in [2.75, 3.05) is 6.54 Å². The zero-order valence-electron chi connectivity index (χ0n) is 7.29. The summed E-state index contributed by atoms with van der Waals surface area (Å²) in [7, 11) is 0. The average Bonchev–Trinajstić information content (AvgIpc) is 2.59. The average molecular weight is 182 g/mol. The fourth-order valence-corrected chi connectivity index (χ4v) is 1.84. The van der Waals surface area contributed by atoms with Crippen LogP contribution in [0.2, 0.25) is 0 Å². The molecule has 1 heterocycles. The third kappa shape index (κ3) is 2.43. The van der Waals surface area contributed by atoms with Gasteiger partial charge in [-0.15, -0.1) is 17.9 Å². The van der Waals surface area contributed by atoms with Gasteiger partial charge >= 0.3 is 0 Å². The summed E-state index contributed by atoms with van der Waals surface area (Å²) < 4.78 is 0. The fourth-order valence-electron chi connectivity index (χ4n) is 1.04. The van der Waals surface area contributed by atoms with Gasteiger partial charge in [-0.05, 0) is 6.42 Å². The van der Waals surface area contributed by atoms with E-state index in [2.05, 4.69) is 23.8 Å². The number of rotatable bonds is 5. The second-order valence-electron chi connectivity index (χ2n) is 2.53. The summed E-state index contributed by atoms with van der Waals surface area (Å²) in [5, 5.41) is 6.52. The van der Waals surface area contributed by atoms with E-state index < -0.39 is 0 Å². The lowest BCUT2D eigenvalue weighted by Gasteiger charge is -2.11. The van der Waals surface area contributed by atoms with Gasteiger partial charge in [0.1, 0.15) is 5.01 Å². The lowest BCUT2D eigenvalue weighted by atomic mass is 10.2. The van der Waals surface area contributed by atoms with Crippen molar-refractivity contribution in [3.63, 3.8) is 0 Å². The fraction of sp³-hybridized carbons (Fsp3) is 0.444. The first kappa shape index (κ1) is 9.42. The Labute approximate surface area is 77.3 Å². The molecule has 0 aliphatic rings. The molecule has 0 bridgehead atoms. The van der Waals surface area contributed by atoms with Crippen molar-refractivity contribution in [3.05, 3.63) is 29.2 Å². The molecule has 1 aromatic heterocycles. The van der Waals surface area contributed by atoms with Gasteiger partial charge < -0.3 is 5.32 Å². The van der Waals surface area contributed by atoms with Gasteiger partial charge in [0.2, 0.25) is 0 Å². The van der Waals surface area contributed by atoms with Crippen molar-refractivity contribution < 1.29 is 0 Å². The molecule has 1 rings (SSSR count). The van der Waals surface area contributed by atoms with Crippen molar-refractivity contribution in [3.8, 4) is 0 Å². The summed E-state index contributed by atoms with van der Waals surface area (Å²) in [5.74, 6) is 0. The van der Waals surface area contributed by atoms with E-state index in [1.165, 1.54) is 5.01 Å². The number of hydrogen-bond donors (Lipinski definition) is 1. The molecule has 1 unspecified atom stereocenters. The van der Waals surface area contributed by atoms with Crippen LogP contribution in [0.3, 0.4) is 0 Å². The highest BCUT2D eigenvalue weighted by Gasteiger charge is 2.08. The molecule has 0 aliphatic carbocycles. The second kappa shape index (κ2) is 5.06. The van der Waals surface area contributed by atoms with Gasteiger partial charge in [-0.25, -0.2) is 4.98 Å². The van der Waals surface area contributed by atoms with Gasteiger partial charge in [-0.1, -0.05) is 13.0 Å². The molecule has 1 N–H and O–H groups in total. The van der Waals surface area contributed by atoms with Crippen molar-refractivity contribution in [2.24, 2.45) is 0 Å². The molecule has 0 spiro atoms. The highest BCUT2D eigenvalue weighted by atomic mass is 32.1. The third-order valence-electron chi connectivity index (χ3n) is 1.67. The van der Waals surface area contributed by atoms with Crippen LogP contribution in [0.1, 0.15) is 24.4 Å². The first-order chi connectivity index (χ1) is 5.88. The number of nitrogens with one attached hydrogen (secondary N) is 1. The molecule has 0 radical (unpaired) electrons. The second-order valence-corrected chi connectivity index (χ2v) is 3.45. The minimum atomic E-state index is 0.392. The van der Waals surface area contributed by atoms with E-state index in [1.54, 1.807) is 11.3 Å². The Morgan fingerprint density at radius 2 is 2.67 bits per heavy atom. The van der Waals surface area contributed by atoms with Crippen LogP contribution in [0.15, 0.2) is 24.2 Å². The number of nitrogens with zero attached hydrogens (tertiary/aromatic N) is 1. The van der Waals surface area contributed by atoms with E-state index in [-0.39, 0.29) is 0 Å². The molecule has 0 aromatic carbocycles. The summed E-state index contributed by atoms with van der Waals surface area (Å²) in [6.07, 6.45) is 4.79. The normalized spacial score (nSPS) is 12.8. The van der Waals surface area contributed by atoms with Crippen LogP contribution in [0.4, 0.5) is 0 Å². The Bertz CT molecular complexity index is 218. The van der Waals surface area contributed by atoms with E-state index in [4.69, 9.17) is 0 Å². The van der Waals surface area contributed by atoms with E-state index in [0.29, 0.717) is 6.04 Å². The molecule has 66 valence electrons. The molecule has 1 atom stereocenters. The summed E-state index contributed by atoms with van der Waals surface area (Å²) >= 11 is 1.70. The lowest BCUT2D eigenvalue weighted by molar-refractivity contribution is 0.549. The van der Waals surface area contributed by atoms with Gasteiger partial charge in [0.15, 0.2) is 0 Å². The van der Waals surface area contributed by atoms with E-state index >= 15 is 0 Å². The smallest absolute Gasteiger partial charge is 0.109 e. The first-order valence-corrected chi connectivity index (χ1v) is 5.00. The van der Waals surface area contributed by atoms with Gasteiger partial charge in [0.05, 0.1) is 6.04 Å². The first-order valence-electron chi connectivity index (χ1n) is 4.12. The van der Waals surface area contributed by atoms with E-state index in [1.807, 2.05) is 17.7 Å². The quantitative estimate of drug-likeness (QED) is 0.707. The molecule has 3 heteroatoms. The van der Waals surface area contributed by atoms with Crippen LogP contribution < -0.4 is 5.32 Å². The Kier molecular flexibility index (Phi) is 3.97. The zero-order chi connectivity index (χ0) is 8.81. The Morgan fingerprint density at radius 3 is 3.17 bits per heavy atom. The predicted molar refractivity (Wildman–Crippen MR) is 53.3 cm³/mol. The molecule has 0 saturated heterocycles. The standard InChI is InChI=1S/C9H14N2S/c1-3-5-10-8(4-2)9-11-6-7-12-9/h3,6-8,10H,1,4-5H2,2H3. The van der Waals surface area contributed by atoms with E-state index in [0.717, 1.165) is 13.0 Å². The van der Waals surface area contributed by atoms with Crippen molar-refractivity contribution in [1.82, 2.24) is 10.3 Å². The minimum Gasteiger partial charge on any atom is -0.304 e. The Morgan fingerprint density at radius 1 is 1.83 bits per heavy atom.